The highest BCUT2D eigenvalue weighted by Crippen LogP contribution is 2.51. The lowest BCUT2D eigenvalue weighted by Crippen LogP contribution is -2.50. The highest BCUT2D eigenvalue weighted by atomic mass is 15.4. The molecule has 2 atom stereocenters. The van der Waals surface area contributed by atoms with Gasteiger partial charge in [-0.2, -0.15) is 4.98 Å². The zero-order valence-corrected chi connectivity index (χ0v) is 15.3. The Morgan fingerprint density at radius 2 is 2.12 bits per heavy atom. The molecule has 0 spiro atoms. The number of aromatic nitrogens is 7. The molecule has 2 unspecified atom stereocenters. The van der Waals surface area contributed by atoms with Crippen LogP contribution in [-0.4, -0.2) is 40.3 Å². The second-order valence-corrected chi connectivity index (χ2v) is 7.10. The lowest BCUT2D eigenvalue weighted by Gasteiger charge is -2.44. The molecule has 0 saturated carbocycles. The summed E-state index contributed by atoms with van der Waals surface area (Å²) in [6.45, 7) is 6.44. The summed E-state index contributed by atoms with van der Waals surface area (Å²) in [6, 6.07) is 0.450. The van der Waals surface area contributed by atoms with Crippen molar-refractivity contribution in [3.63, 3.8) is 0 Å². The first-order chi connectivity index (χ1) is 12.7. The molecule has 2 aliphatic rings. The fourth-order valence-electron chi connectivity index (χ4n) is 4.63. The van der Waals surface area contributed by atoms with E-state index in [4.69, 9.17) is 4.98 Å². The molecule has 0 aromatic carbocycles. The van der Waals surface area contributed by atoms with Gasteiger partial charge in [0.15, 0.2) is 11.6 Å². The lowest BCUT2D eigenvalue weighted by molar-refractivity contribution is 0.371. The molecule has 1 fully saturated rings. The SMILES string of the molecule is CCC1CCC2(CC)c3nncn3-c3cnc(-n4ccnc4C)nc3N12. The van der Waals surface area contributed by atoms with Gasteiger partial charge in [-0.3, -0.25) is 9.13 Å². The van der Waals surface area contributed by atoms with Crippen molar-refractivity contribution in [2.45, 2.75) is 58.0 Å². The van der Waals surface area contributed by atoms with E-state index < -0.39 is 0 Å². The number of fused-ring (bicyclic) bond motifs is 6. The molecule has 5 heterocycles. The van der Waals surface area contributed by atoms with Gasteiger partial charge in [-0.25, -0.2) is 9.97 Å². The third-order valence-corrected chi connectivity index (χ3v) is 6.00. The van der Waals surface area contributed by atoms with Crippen LogP contribution in [0.3, 0.4) is 0 Å². The molecule has 2 aliphatic heterocycles. The van der Waals surface area contributed by atoms with Crippen molar-refractivity contribution < 1.29 is 0 Å². The number of hydrogen-bond donors (Lipinski definition) is 0. The summed E-state index contributed by atoms with van der Waals surface area (Å²) in [5.41, 5.74) is 0.815. The van der Waals surface area contributed by atoms with Crippen LogP contribution in [-0.2, 0) is 5.54 Å². The Bertz CT molecular complexity index is 973. The molecule has 134 valence electrons. The van der Waals surface area contributed by atoms with Gasteiger partial charge in [-0.1, -0.05) is 13.8 Å². The molecule has 3 aromatic rings. The second kappa shape index (κ2) is 5.36. The molecule has 8 nitrogen and oxygen atoms in total. The van der Waals surface area contributed by atoms with Gasteiger partial charge < -0.3 is 4.90 Å². The van der Waals surface area contributed by atoms with E-state index in [9.17, 15) is 0 Å². The van der Waals surface area contributed by atoms with Crippen LogP contribution < -0.4 is 4.90 Å². The first-order valence-corrected chi connectivity index (χ1v) is 9.27. The molecule has 0 aliphatic carbocycles. The van der Waals surface area contributed by atoms with Crippen molar-refractivity contribution in [1.29, 1.82) is 0 Å². The fourth-order valence-corrected chi connectivity index (χ4v) is 4.63. The summed E-state index contributed by atoms with van der Waals surface area (Å²) in [5.74, 6) is 3.52. The molecule has 0 N–H and O–H groups in total. The van der Waals surface area contributed by atoms with E-state index in [-0.39, 0.29) is 5.54 Å². The molecule has 0 amide bonds. The molecule has 0 bridgehead atoms. The monoisotopic (exact) mass is 350 g/mol. The van der Waals surface area contributed by atoms with E-state index in [0.29, 0.717) is 12.0 Å². The number of hydrogen-bond acceptors (Lipinski definition) is 6. The minimum atomic E-state index is -0.139. The van der Waals surface area contributed by atoms with Gasteiger partial charge >= 0.3 is 0 Å². The summed E-state index contributed by atoms with van der Waals surface area (Å²) in [5, 5.41) is 8.71. The van der Waals surface area contributed by atoms with Gasteiger partial charge in [0.2, 0.25) is 5.95 Å². The maximum absolute atomic E-state index is 4.99. The summed E-state index contributed by atoms with van der Waals surface area (Å²) >= 11 is 0. The summed E-state index contributed by atoms with van der Waals surface area (Å²) in [4.78, 5) is 16.4. The predicted octanol–water partition coefficient (Wildman–Crippen LogP) is 2.55. The smallest absolute Gasteiger partial charge is 0.237 e. The minimum absolute atomic E-state index is 0.139. The number of aryl methyl sites for hydroxylation is 1. The van der Waals surface area contributed by atoms with Gasteiger partial charge in [0, 0.05) is 18.4 Å². The fraction of sp³-hybridized carbons (Fsp3) is 0.500. The average molecular weight is 350 g/mol. The average Bonchev–Trinajstić information content (AvgIpc) is 3.39. The quantitative estimate of drug-likeness (QED) is 0.722. The van der Waals surface area contributed by atoms with Crippen molar-refractivity contribution >= 4 is 5.82 Å². The van der Waals surface area contributed by atoms with Crippen LogP contribution in [0, 0.1) is 6.92 Å². The van der Waals surface area contributed by atoms with Gasteiger partial charge in [0.25, 0.3) is 0 Å². The summed E-state index contributed by atoms with van der Waals surface area (Å²) in [6.07, 6.45) is 11.6. The zero-order valence-electron chi connectivity index (χ0n) is 15.3. The van der Waals surface area contributed by atoms with Crippen LogP contribution in [0.4, 0.5) is 5.82 Å². The summed E-state index contributed by atoms with van der Waals surface area (Å²) in [7, 11) is 0. The maximum atomic E-state index is 4.99. The largest absolute Gasteiger partial charge is 0.339 e. The van der Waals surface area contributed by atoms with Crippen LogP contribution in [0.2, 0.25) is 0 Å². The predicted molar refractivity (Wildman–Crippen MR) is 96.6 cm³/mol. The van der Waals surface area contributed by atoms with Crippen LogP contribution in [0.15, 0.2) is 24.9 Å². The third-order valence-electron chi connectivity index (χ3n) is 6.00. The Labute approximate surface area is 151 Å². The van der Waals surface area contributed by atoms with Crippen LogP contribution in [0.1, 0.15) is 51.2 Å². The molecule has 3 aromatic heterocycles. The molecule has 26 heavy (non-hydrogen) atoms. The van der Waals surface area contributed by atoms with Crippen LogP contribution in [0.25, 0.3) is 11.6 Å². The highest BCUT2D eigenvalue weighted by molar-refractivity contribution is 5.65. The zero-order chi connectivity index (χ0) is 17.9. The number of anilines is 1. The molecule has 5 rings (SSSR count). The Morgan fingerprint density at radius 1 is 1.23 bits per heavy atom. The normalized spacial score (nSPS) is 23.7. The van der Waals surface area contributed by atoms with E-state index in [2.05, 4.69) is 43.5 Å². The first kappa shape index (κ1) is 15.5. The molecule has 8 heteroatoms. The number of nitrogens with zero attached hydrogens (tertiary/aromatic N) is 8. The Balaban J connectivity index is 1.77. The first-order valence-electron chi connectivity index (χ1n) is 9.27. The Hall–Kier alpha value is -2.77. The van der Waals surface area contributed by atoms with E-state index in [1.807, 2.05) is 23.9 Å². The molecular formula is C18H22N8. The van der Waals surface area contributed by atoms with Crippen molar-refractivity contribution in [2.24, 2.45) is 0 Å². The Morgan fingerprint density at radius 3 is 2.85 bits per heavy atom. The van der Waals surface area contributed by atoms with Gasteiger partial charge in [0.1, 0.15) is 23.4 Å². The van der Waals surface area contributed by atoms with Crippen LogP contribution >= 0.6 is 0 Å². The van der Waals surface area contributed by atoms with E-state index in [1.54, 1.807) is 12.5 Å². The highest BCUT2D eigenvalue weighted by Gasteiger charge is 2.53. The third kappa shape index (κ3) is 1.81. The summed E-state index contributed by atoms with van der Waals surface area (Å²) < 4.78 is 3.99. The van der Waals surface area contributed by atoms with Crippen LogP contribution in [0.5, 0.6) is 0 Å². The molecule has 0 radical (unpaired) electrons. The molecular weight excluding hydrogens is 328 g/mol. The topological polar surface area (TPSA) is 77.5 Å². The van der Waals surface area contributed by atoms with Gasteiger partial charge in [-0.15, -0.1) is 10.2 Å². The minimum Gasteiger partial charge on any atom is -0.339 e. The van der Waals surface area contributed by atoms with Crippen molar-refractivity contribution in [3.8, 4) is 11.6 Å². The second-order valence-electron chi connectivity index (χ2n) is 7.10. The Kier molecular flexibility index (Phi) is 3.19. The maximum Gasteiger partial charge on any atom is 0.237 e. The lowest BCUT2D eigenvalue weighted by atomic mass is 9.90. The molecule has 1 saturated heterocycles. The number of imidazole rings is 1. The van der Waals surface area contributed by atoms with E-state index in [1.165, 1.54) is 0 Å². The van der Waals surface area contributed by atoms with Gasteiger partial charge in [-0.05, 0) is 32.6 Å². The van der Waals surface area contributed by atoms with Crippen molar-refractivity contribution in [3.05, 3.63) is 36.6 Å². The van der Waals surface area contributed by atoms with Crippen molar-refractivity contribution in [1.82, 2.24) is 34.3 Å². The van der Waals surface area contributed by atoms with E-state index >= 15 is 0 Å². The van der Waals surface area contributed by atoms with E-state index in [0.717, 1.165) is 48.8 Å². The standard InChI is InChI=1S/C18H22N8/c1-4-13-6-7-18(5-2)16-23-21-11-25(16)14-10-20-17(22-15(14)26(13)18)24-9-8-19-12(24)3/h8-11,13H,4-7H2,1-3H3. The van der Waals surface area contributed by atoms with Crippen molar-refractivity contribution in [2.75, 3.05) is 4.90 Å². The van der Waals surface area contributed by atoms with Gasteiger partial charge in [0.05, 0.1) is 6.20 Å². The number of rotatable bonds is 3.